The number of amides is 1. The number of ether oxygens (including phenoxy) is 1. The number of fused-ring (bicyclic) bond motifs is 5. The molecule has 3 atom stereocenters. The number of rotatable bonds is 1. The van der Waals surface area contributed by atoms with Crippen LogP contribution >= 0.6 is 0 Å². The molecule has 0 radical (unpaired) electrons. The van der Waals surface area contributed by atoms with Crippen LogP contribution in [0.25, 0.3) is 10.9 Å². The number of carbonyl (C=O) groups is 1. The molecule has 26 heavy (non-hydrogen) atoms. The SMILES string of the molecule is C[C@]12C[C@H](c3ccccc3O1)[C@H](c1nc3ccccc3c(=O)[nH]1)C(=O)N2. The van der Waals surface area contributed by atoms with Gasteiger partial charge in [0.15, 0.2) is 5.72 Å². The molecule has 2 aliphatic rings. The van der Waals surface area contributed by atoms with Crippen molar-refractivity contribution in [1.82, 2.24) is 15.3 Å². The van der Waals surface area contributed by atoms with Gasteiger partial charge >= 0.3 is 0 Å². The molecule has 6 nitrogen and oxygen atoms in total. The molecule has 1 amide bonds. The van der Waals surface area contributed by atoms with Gasteiger partial charge in [-0.3, -0.25) is 9.59 Å². The van der Waals surface area contributed by atoms with Gasteiger partial charge in [-0.05, 0) is 30.7 Å². The average Bonchev–Trinajstić information content (AvgIpc) is 2.61. The number of para-hydroxylation sites is 2. The van der Waals surface area contributed by atoms with Crippen LogP contribution in [0, 0.1) is 0 Å². The Balaban J connectivity index is 1.70. The van der Waals surface area contributed by atoms with Crippen LogP contribution in [0.15, 0.2) is 53.3 Å². The molecule has 2 aliphatic heterocycles. The number of H-pyrrole nitrogens is 1. The second kappa shape index (κ2) is 5.17. The van der Waals surface area contributed by atoms with Gasteiger partial charge in [-0.1, -0.05) is 30.3 Å². The molecule has 3 aromatic rings. The van der Waals surface area contributed by atoms with E-state index in [4.69, 9.17) is 4.74 Å². The molecular formula is C20H17N3O3. The molecule has 5 rings (SSSR count). The third-order valence-electron chi connectivity index (χ3n) is 5.26. The average molecular weight is 347 g/mol. The van der Waals surface area contributed by atoms with Crippen molar-refractivity contribution in [3.05, 3.63) is 70.3 Å². The van der Waals surface area contributed by atoms with E-state index in [1.807, 2.05) is 37.3 Å². The molecular weight excluding hydrogens is 330 g/mol. The highest BCUT2D eigenvalue weighted by atomic mass is 16.5. The van der Waals surface area contributed by atoms with Gasteiger partial charge in [-0.2, -0.15) is 0 Å². The lowest BCUT2D eigenvalue weighted by molar-refractivity contribution is -0.135. The number of aromatic amines is 1. The van der Waals surface area contributed by atoms with Crippen molar-refractivity contribution in [3.63, 3.8) is 0 Å². The summed E-state index contributed by atoms with van der Waals surface area (Å²) in [6.45, 7) is 1.88. The van der Waals surface area contributed by atoms with Gasteiger partial charge in [0.1, 0.15) is 17.5 Å². The molecule has 0 unspecified atom stereocenters. The van der Waals surface area contributed by atoms with E-state index < -0.39 is 11.6 Å². The van der Waals surface area contributed by atoms with Gasteiger partial charge in [0.25, 0.3) is 5.56 Å². The second-order valence-corrected chi connectivity index (χ2v) is 7.12. The number of aromatic nitrogens is 2. The number of benzene rings is 2. The minimum Gasteiger partial charge on any atom is -0.468 e. The predicted molar refractivity (Wildman–Crippen MR) is 96.1 cm³/mol. The molecule has 0 aliphatic carbocycles. The second-order valence-electron chi connectivity index (χ2n) is 7.12. The van der Waals surface area contributed by atoms with Crippen LogP contribution in [-0.4, -0.2) is 21.6 Å². The molecule has 0 spiro atoms. The molecule has 1 saturated heterocycles. The Bertz CT molecular complexity index is 1110. The van der Waals surface area contributed by atoms with Crippen LogP contribution in [0.3, 0.4) is 0 Å². The maximum atomic E-state index is 12.9. The highest BCUT2D eigenvalue weighted by Gasteiger charge is 2.50. The summed E-state index contributed by atoms with van der Waals surface area (Å²) in [5.74, 6) is 0.305. The summed E-state index contributed by atoms with van der Waals surface area (Å²) in [5, 5.41) is 3.48. The quantitative estimate of drug-likeness (QED) is 0.708. The van der Waals surface area contributed by atoms with Crippen LogP contribution in [0.1, 0.15) is 36.6 Å². The van der Waals surface area contributed by atoms with Gasteiger partial charge in [-0.15, -0.1) is 0 Å². The van der Waals surface area contributed by atoms with E-state index in [1.54, 1.807) is 18.2 Å². The van der Waals surface area contributed by atoms with E-state index in [2.05, 4.69) is 15.3 Å². The molecule has 1 aromatic heterocycles. The Morgan fingerprint density at radius 2 is 1.88 bits per heavy atom. The lowest BCUT2D eigenvalue weighted by atomic mass is 9.74. The van der Waals surface area contributed by atoms with Gasteiger partial charge in [0, 0.05) is 12.3 Å². The summed E-state index contributed by atoms with van der Waals surface area (Å²) in [5.41, 5.74) is 0.587. The molecule has 2 N–H and O–H groups in total. The van der Waals surface area contributed by atoms with Crippen molar-refractivity contribution < 1.29 is 9.53 Å². The smallest absolute Gasteiger partial charge is 0.258 e. The molecule has 3 heterocycles. The number of piperidine rings is 1. The summed E-state index contributed by atoms with van der Waals surface area (Å²) >= 11 is 0. The molecule has 0 saturated carbocycles. The third-order valence-corrected chi connectivity index (χ3v) is 5.26. The first-order valence-corrected chi connectivity index (χ1v) is 8.63. The van der Waals surface area contributed by atoms with Crippen molar-refractivity contribution in [2.24, 2.45) is 0 Å². The van der Waals surface area contributed by atoms with Crippen LogP contribution in [0.5, 0.6) is 5.75 Å². The molecule has 2 bridgehead atoms. The van der Waals surface area contributed by atoms with E-state index in [0.717, 1.165) is 11.3 Å². The fraction of sp³-hybridized carbons (Fsp3) is 0.250. The topological polar surface area (TPSA) is 84.1 Å². The van der Waals surface area contributed by atoms with Crippen LogP contribution in [0.4, 0.5) is 0 Å². The zero-order valence-electron chi connectivity index (χ0n) is 14.2. The van der Waals surface area contributed by atoms with E-state index in [9.17, 15) is 9.59 Å². The van der Waals surface area contributed by atoms with Gasteiger partial charge in [0.2, 0.25) is 5.91 Å². The van der Waals surface area contributed by atoms with Crippen molar-refractivity contribution in [3.8, 4) is 5.75 Å². The van der Waals surface area contributed by atoms with Crippen LogP contribution in [0.2, 0.25) is 0 Å². The van der Waals surface area contributed by atoms with Crippen molar-refractivity contribution in [2.45, 2.75) is 30.9 Å². The first kappa shape index (κ1) is 15.1. The molecule has 2 aromatic carbocycles. The molecule has 1 fully saturated rings. The lowest BCUT2D eigenvalue weighted by Crippen LogP contribution is -2.60. The maximum absolute atomic E-state index is 12.9. The molecule has 6 heteroatoms. The van der Waals surface area contributed by atoms with Gasteiger partial charge < -0.3 is 15.0 Å². The van der Waals surface area contributed by atoms with E-state index in [-0.39, 0.29) is 17.4 Å². The minimum atomic E-state index is -0.746. The number of nitrogens with zero attached hydrogens (tertiary/aromatic N) is 1. The number of hydrogen-bond donors (Lipinski definition) is 2. The first-order chi connectivity index (χ1) is 12.5. The van der Waals surface area contributed by atoms with Crippen molar-refractivity contribution >= 4 is 16.8 Å². The fourth-order valence-corrected chi connectivity index (χ4v) is 4.16. The zero-order chi connectivity index (χ0) is 17.9. The Morgan fingerprint density at radius 1 is 1.12 bits per heavy atom. The summed E-state index contributed by atoms with van der Waals surface area (Å²) in [4.78, 5) is 32.8. The number of nitrogens with one attached hydrogen (secondary N) is 2. The van der Waals surface area contributed by atoms with E-state index in [1.165, 1.54) is 0 Å². The lowest BCUT2D eigenvalue weighted by Gasteiger charge is -2.46. The maximum Gasteiger partial charge on any atom is 0.258 e. The Hall–Kier alpha value is -3.15. The van der Waals surface area contributed by atoms with Crippen LogP contribution in [-0.2, 0) is 4.79 Å². The largest absolute Gasteiger partial charge is 0.468 e. The van der Waals surface area contributed by atoms with Crippen LogP contribution < -0.4 is 15.6 Å². The zero-order valence-corrected chi connectivity index (χ0v) is 14.2. The summed E-state index contributed by atoms with van der Waals surface area (Å²) < 4.78 is 6.01. The normalized spacial score (nSPS) is 26.7. The summed E-state index contributed by atoms with van der Waals surface area (Å²) in [7, 11) is 0. The number of carbonyl (C=O) groups excluding carboxylic acids is 1. The summed E-state index contributed by atoms with van der Waals surface area (Å²) in [6, 6.07) is 14.9. The highest BCUT2D eigenvalue weighted by molar-refractivity contribution is 5.87. The minimum absolute atomic E-state index is 0.108. The first-order valence-electron chi connectivity index (χ1n) is 8.63. The predicted octanol–water partition coefficient (Wildman–Crippen LogP) is 2.42. The highest BCUT2D eigenvalue weighted by Crippen LogP contribution is 2.49. The fourth-order valence-electron chi connectivity index (χ4n) is 4.16. The Kier molecular flexibility index (Phi) is 3.01. The van der Waals surface area contributed by atoms with Crippen molar-refractivity contribution in [1.29, 1.82) is 0 Å². The third kappa shape index (κ3) is 2.15. The monoisotopic (exact) mass is 347 g/mol. The molecule has 130 valence electrons. The Labute approximate surface area is 149 Å². The van der Waals surface area contributed by atoms with Gasteiger partial charge in [-0.25, -0.2) is 4.98 Å². The van der Waals surface area contributed by atoms with E-state index >= 15 is 0 Å². The number of hydrogen-bond acceptors (Lipinski definition) is 4. The van der Waals surface area contributed by atoms with E-state index in [0.29, 0.717) is 23.1 Å². The Morgan fingerprint density at radius 3 is 2.77 bits per heavy atom. The summed E-state index contributed by atoms with van der Waals surface area (Å²) in [6.07, 6.45) is 0.622. The van der Waals surface area contributed by atoms with Gasteiger partial charge in [0.05, 0.1) is 10.9 Å². The standard InChI is InChI=1S/C20H17N3O3/c1-20-10-13(11-6-3-5-9-15(11)26-20)16(19(25)23-20)17-21-14-8-4-2-7-12(14)18(24)22-17/h2-9,13,16H,10H2,1H3,(H,23,25)(H,21,22,24)/t13-,16-,20-/m1/s1. The van der Waals surface area contributed by atoms with Crippen molar-refractivity contribution in [2.75, 3.05) is 0 Å².